The van der Waals surface area contributed by atoms with Crippen molar-refractivity contribution < 1.29 is 18.1 Å². The third kappa shape index (κ3) is 3.98. The van der Waals surface area contributed by atoms with Crippen LogP contribution >= 0.6 is 0 Å². The van der Waals surface area contributed by atoms with Gasteiger partial charge in [-0.05, 0) is 36.8 Å². The number of rotatable bonds is 2. The predicted molar refractivity (Wildman–Crippen MR) is 95.6 cm³/mol. The number of nitro benzene ring substituents is 1. The predicted octanol–water partition coefficient (Wildman–Crippen LogP) is 5.39. The Kier molecular flexibility index (Phi) is 4.95. The van der Waals surface area contributed by atoms with Gasteiger partial charge in [0.2, 0.25) is 0 Å². The summed E-state index contributed by atoms with van der Waals surface area (Å²) in [7, 11) is 0. The molecule has 0 aliphatic rings. The Hall–Kier alpha value is -3.59. The van der Waals surface area contributed by atoms with Crippen LogP contribution in [0.4, 0.5) is 18.9 Å². The van der Waals surface area contributed by atoms with Crippen LogP contribution in [0.3, 0.4) is 0 Å². The summed E-state index contributed by atoms with van der Waals surface area (Å²) < 4.78 is 39.4. The first kappa shape index (κ1) is 18.2. The lowest BCUT2D eigenvalue weighted by atomic mass is 10.0. The van der Waals surface area contributed by atoms with Gasteiger partial charge in [0.1, 0.15) is 0 Å². The normalized spacial score (nSPS) is 10.2. The Morgan fingerprint density at radius 1 is 0.852 bits per heavy atom. The van der Waals surface area contributed by atoms with Gasteiger partial charge in [-0.1, -0.05) is 41.7 Å². The van der Waals surface area contributed by atoms with E-state index in [1.165, 1.54) is 6.07 Å². The summed E-state index contributed by atoms with van der Waals surface area (Å²) in [5.74, 6) is 0.826. The van der Waals surface area contributed by atoms with Crippen molar-refractivity contribution in [3.8, 4) is 23.0 Å². The Labute approximate surface area is 153 Å². The molecular formula is C21H12F3NO2. The van der Waals surface area contributed by atoms with Crippen molar-refractivity contribution in [2.75, 3.05) is 0 Å². The Morgan fingerprint density at radius 3 is 2.04 bits per heavy atom. The molecule has 0 fully saturated rings. The van der Waals surface area contributed by atoms with E-state index in [0.29, 0.717) is 16.7 Å². The quantitative estimate of drug-likeness (QED) is 0.264. The Morgan fingerprint density at radius 2 is 1.44 bits per heavy atom. The van der Waals surface area contributed by atoms with Gasteiger partial charge in [-0.25, -0.2) is 13.2 Å². The summed E-state index contributed by atoms with van der Waals surface area (Å²) >= 11 is 0. The maximum atomic E-state index is 13.2. The van der Waals surface area contributed by atoms with Gasteiger partial charge in [0, 0.05) is 17.2 Å². The zero-order valence-electron chi connectivity index (χ0n) is 14.1. The Bertz CT molecular complexity index is 1070. The van der Waals surface area contributed by atoms with Crippen molar-refractivity contribution in [1.29, 1.82) is 0 Å². The molecule has 0 aromatic heterocycles. The van der Waals surface area contributed by atoms with Gasteiger partial charge in [0.25, 0.3) is 5.69 Å². The largest absolute Gasteiger partial charge is 0.278 e. The van der Waals surface area contributed by atoms with Crippen LogP contribution in [0.5, 0.6) is 0 Å². The van der Waals surface area contributed by atoms with Crippen LogP contribution in [0, 0.1) is 46.3 Å². The van der Waals surface area contributed by atoms with Crippen molar-refractivity contribution in [3.05, 3.63) is 98.9 Å². The van der Waals surface area contributed by atoms with E-state index in [9.17, 15) is 23.3 Å². The number of benzene rings is 3. The molecule has 0 N–H and O–H groups in total. The third-order valence-electron chi connectivity index (χ3n) is 3.89. The Balaban J connectivity index is 2.01. The van der Waals surface area contributed by atoms with Crippen LogP contribution in [-0.2, 0) is 0 Å². The van der Waals surface area contributed by atoms with E-state index < -0.39 is 22.4 Å². The summed E-state index contributed by atoms with van der Waals surface area (Å²) in [5, 5.41) is 11.4. The molecule has 0 unspecified atom stereocenters. The molecule has 0 atom stereocenters. The fraction of sp³-hybridized carbons (Fsp3) is 0.0476. The van der Waals surface area contributed by atoms with E-state index in [0.717, 1.165) is 17.7 Å². The lowest BCUT2D eigenvalue weighted by Gasteiger charge is -2.04. The molecule has 0 aliphatic heterocycles. The molecule has 27 heavy (non-hydrogen) atoms. The van der Waals surface area contributed by atoms with Gasteiger partial charge in [-0.3, -0.25) is 10.1 Å². The first-order valence-corrected chi connectivity index (χ1v) is 7.87. The molecule has 0 bridgehead atoms. The van der Waals surface area contributed by atoms with E-state index in [2.05, 4.69) is 11.8 Å². The number of hydrogen-bond acceptors (Lipinski definition) is 2. The number of aryl methyl sites for hydroxylation is 1. The van der Waals surface area contributed by atoms with Crippen molar-refractivity contribution in [2.45, 2.75) is 6.92 Å². The smallest absolute Gasteiger partial charge is 0.258 e. The second kappa shape index (κ2) is 7.34. The molecule has 0 saturated carbocycles. The van der Waals surface area contributed by atoms with Crippen LogP contribution in [0.15, 0.2) is 54.6 Å². The van der Waals surface area contributed by atoms with Crippen LogP contribution in [0.2, 0.25) is 0 Å². The highest BCUT2D eigenvalue weighted by molar-refractivity contribution is 5.75. The summed E-state index contributed by atoms with van der Waals surface area (Å²) in [6, 6.07) is 13.2. The molecule has 0 heterocycles. The van der Waals surface area contributed by atoms with E-state index in [1.807, 2.05) is 19.1 Å². The van der Waals surface area contributed by atoms with Crippen LogP contribution in [0.1, 0.15) is 16.7 Å². The van der Waals surface area contributed by atoms with Gasteiger partial charge < -0.3 is 0 Å². The van der Waals surface area contributed by atoms with E-state index in [1.54, 1.807) is 24.3 Å². The molecule has 0 saturated heterocycles. The highest BCUT2D eigenvalue weighted by Gasteiger charge is 2.16. The molecule has 0 amide bonds. The second-order valence-electron chi connectivity index (χ2n) is 5.86. The molecule has 0 spiro atoms. The number of hydrogen-bond donors (Lipinski definition) is 0. The van der Waals surface area contributed by atoms with Crippen molar-refractivity contribution in [2.24, 2.45) is 0 Å². The van der Waals surface area contributed by atoms with E-state index in [4.69, 9.17) is 0 Å². The molecule has 3 rings (SSSR count). The van der Waals surface area contributed by atoms with Crippen molar-refractivity contribution in [1.82, 2.24) is 0 Å². The first-order chi connectivity index (χ1) is 12.8. The summed E-state index contributed by atoms with van der Waals surface area (Å²) in [6.45, 7) is 1.91. The van der Waals surface area contributed by atoms with E-state index in [-0.39, 0.29) is 11.3 Å². The standard InChI is InChI=1S/C21H12F3NO2/c1-13-2-7-16(8-3-13)17-9-6-14(12-20(17)25(26)27)4-5-15-10-18(22)21(24)19(23)11-15/h2-3,6-12H,1H3. The third-order valence-corrected chi connectivity index (χ3v) is 3.89. The fourth-order valence-electron chi connectivity index (χ4n) is 2.51. The zero-order chi connectivity index (χ0) is 19.6. The first-order valence-electron chi connectivity index (χ1n) is 7.87. The van der Waals surface area contributed by atoms with Gasteiger partial charge in [0.15, 0.2) is 17.5 Å². The van der Waals surface area contributed by atoms with E-state index >= 15 is 0 Å². The average molecular weight is 367 g/mol. The lowest BCUT2D eigenvalue weighted by Crippen LogP contribution is -1.94. The van der Waals surface area contributed by atoms with Crippen LogP contribution in [0.25, 0.3) is 11.1 Å². The van der Waals surface area contributed by atoms with Gasteiger partial charge in [-0.15, -0.1) is 0 Å². The molecule has 3 aromatic carbocycles. The minimum Gasteiger partial charge on any atom is -0.258 e. The minimum atomic E-state index is -1.57. The molecular weight excluding hydrogens is 355 g/mol. The molecule has 0 aliphatic carbocycles. The number of halogens is 3. The monoisotopic (exact) mass is 367 g/mol. The van der Waals surface area contributed by atoms with Crippen molar-refractivity contribution >= 4 is 5.69 Å². The highest BCUT2D eigenvalue weighted by atomic mass is 19.2. The molecule has 6 heteroatoms. The maximum Gasteiger partial charge on any atom is 0.278 e. The van der Waals surface area contributed by atoms with Crippen LogP contribution in [-0.4, -0.2) is 4.92 Å². The summed E-state index contributed by atoms with van der Waals surface area (Å²) in [4.78, 5) is 10.9. The minimum absolute atomic E-state index is 0.0725. The molecule has 3 aromatic rings. The van der Waals surface area contributed by atoms with Gasteiger partial charge >= 0.3 is 0 Å². The topological polar surface area (TPSA) is 43.1 Å². The van der Waals surface area contributed by atoms with Crippen molar-refractivity contribution in [3.63, 3.8) is 0 Å². The molecule has 3 nitrogen and oxygen atoms in total. The fourth-order valence-corrected chi connectivity index (χ4v) is 2.51. The van der Waals surface area contributed by atoms with Gasteiger partial charge in [0.05, 0.1) is 10.5 Å². The average Bonchev–Trinajstić information content (AvgIpc) is 2.64. The SMILES string of the molecule is Cc1ccc(-c2ccc(C#Cc3cc(F)c(F)c(F)c3)cc2[N+](=O)[O-])cc1. The second-order valence-corrected chi connectivity index (χ2v) is 5.86. The van der Waals surface area contributed by atoms with Crippen LogP contribution < -0.4 is 0 Å². The summed E-state index contributed by atoms with van der Waals surface area (Å²) in [6.07, 6.45) is 0. The molecule has 134 valence electrons. The number of nitrogens with zero attached hydrogens (tertiary/aromatic N) is 1. The lowest BCUT2D eigenvalue weighted by molar-refractivity contribution is -0.384. The zero-order valence-corrected chi connectivity index (χ0v) is 14.1. The maximum absolute atomic E-state index is 13.2. The highest BCUT2D eigenvalue weighted by Crippen LogP contribution is 2.30. The van der Waals surface area contributed by atoms with Gasteiger partial charge in [-0.2, -0.15) is 0 Å². The number of nitro groups is 1. The summed E-state index contributed by atoms with van der Waals surface area (Å²) in [5.41, 5.74) is 2.24. The molecule has 0 radical (unpaired) electrons.